The molecule has 1 heterocycles. The number of hydrogen-bond acceptors (Lipinski definition) is 6. The van der Waals surface area contributed by atoms with Gasteiger partial charge in [-0.1, -0.05) is 0 Å². The van der Waals surface area contributed by atoms with Crippen LogP contribution in [0.5, 0.6) is 17.4 Å². The summed E-state index contributed by atoms with van der Waals surface area (Å²) in [6, 6.07) is 10.1. The average molecular weight is 347 g/mol. The number of carbonyl (C=O) groups is 1. The van der Waals surface area contributed by atoms with E-state index in [1.54, 1.807) is 55.3 Å². The van der Waals surface area contributed by atoms with Crippen LogP contribution in [0.2, 0.25) is 0 Å². The van der Waals surface area contributed by atoms with E-state index in [0.29, 0.717) is 23.7 Å². The molecule has 7 heteroatoms. The van der Waals surface area contributed by atoms with E-state index >= 15 is 0 Å². The zero-order chi connectivity index (χ0) is 17.4. The number of benzene rings is 1. The molecule has 0 bridgehead atoms. The average Bonchev–Trinajstić information content (AvgIpc) is 2.62. The van der Waals surface area contributed by atoms with Crippen molar-refractivity contribution in [2.45, 2.75) is 12.5 Å². The zero-order valence-electron chi connectivity index (χ0n) is 13.7. The van der Waals surface area contributed by atoms with Gasteiger partial charge in [0.1, 0.15) is 11.5 Å². The largest absolute Gasteiger partial charge is 0.497 e. The highest BCUT2D eigenvalue weighted by Gasteiger charge is 2.13. The number of anilines is 1. The maximum absolute atomic E-state index is 11.9. The van der Waals surface area contributed by atoms with E-state index in [2.05, 4.69) is 10.3 Å². The second kappa shape index (κ2) is 9.14. The number of aromatic nitrogens is 1. The molecule has 0 spiro atoms. The second-order valence-electron chi connectivity index (χ2n) is 5.04. The van der Waals surface area contributed by atoms with E-state index in [4.69, 9.17) is 15.2 Å². The molecule has 0 saturated carbocycles. The van der Waals surface area contributed by atoms with E-state index in [1.165, 1.54) is 6.20 Å². The number of ether oxygens (including phenoxy) is 2. The van der Waals surface area contributed by atoms with Crippen molar-refractivity contribution >= 4 is 23.4 Å². The molecule has 2 rings (SSSR count). The molecule has 0 fully saturated rings. The summed E-state index contributed by atoms with van der Waals surface area (Å²) in [4.78, 5) is 16.1. The molecule has 24 heavy (non-hydrogen) atoms. The van der Waals surface area contributed by atoms with E-state index in [1.807, 2.05) is 6.26 Å². The summed E-state index contributed by atoms with van der Waals surface area (Å²) in [6.45, 7) is 0. The number of nitrogens with two attached hydrogens (primary N) is 1. The van der Waals surface area contributed by atoms with Gasteiger partial charge in [-0.3, -0.25) is 4.79 Å². The third kappa shape index (κ3) is 5.43. The number of nitrogens with one attached hydrogen (secondary N) is 1. The number of pyridine rings is 1. The number of rotatable bonds is 8. The van der Waals surface area contributed by atoms with Crippen LogP contribution in [-0.4, -0.2) is 36.1 Å². The van der Waals surface area contributed by atoms with Gasteiger partial charge in [0, 0.05) is 6.07 Å². The summed E-state index contributed by atoms with van der Waals surface area (Å²) in [7, 11) is 1.61. The van der Waals surface area contributed by atoms with Crippen molar-refractivity contribution in [2.75, 3.05) is 24.4 Å². The lowest BCUT2D eigenvalue weighted by molar-refractivity contribution is -0.117. The Labute approximate surface area is 145 Å². The normalized spacial score (nSPS) is 11.6. The van der Waals surface area contributed by atoms with Gasteiger partial charge in [-0.25, -0.2) is 4.98 Å². The molecule has 3 N–H and O–H groups in total. The van der Waals surface area contributed by atoms with Crippen molar-refractivity contribution in [3.05, 3.63) is 42.6 Å². The maximum Gasteiger partial charge on any atom is 0.241 e. The van der Waals surface area contributed by atoms with Crippen LogP contribution in [0.4, 0.5) is 5.69 Å². The summed E-state index contributed by atoms with van der Waals surface area (Å²) in [5.41, 5.74) is 6.41. The number of carbonyl (C=O) groups excluding carboxylic acids is 1. The van der Waals surface area contributed by atoms with E-state index in [-0.39, 0.29) is 5.91 Å². The molecule has 0 aliphatic carbocycles. The molecular weight excluding hydrogens is 326 g/mol. The van der Waals surface area contributed by atoms with Crippen molar-refractivity contribution in [3.63, 3.8) is 0 Å². The van der Waals surface area contributed by atoms with Crippen LogP contribution in [0.1, 0.15) is 6.42 Å². The van der Waals surface area contributed by atoms with Gasteiger partial charge in [0.25, 0.3) is 0 Å². The Bertz CT molecular complexity index is 647. The van der Waals surface area contributed by atoms with Crippen LogP contribution in [-0.2, 0) is 4.79 Å². The van der Waals surface area contributed by atoms with Gasteiger partial charge < -0.3 is 20.5 Å². The number of hydrogen-bond donors (Lipinski definition) is 2. The number of nitrogens with zero attached hydrogens (tertiary/aromatic N) is 1. The van der Waals surface area contributed by atoms with Gasteiger partial charge in [0.2, 0.25) is 11.8 Å². The lowest BCUT2D eigenvalue weighted by Crippen LogP contribution is -2.36. The summed E-state index contributed by atoms with van der Waals surface area (Å²) >= 11 is 1.66. The SMILES string of the molecule is COc1ccc(Oc2ccc(NC(=O)[C@@H](N)CCSC)cn2)cc1. The fourth-order valence-electron chi connectivity index (χ4n) is 1.89. The molecule has 0 saturated heterocycles. The molecule has 1 amide bonds. The molecule has 6 nitrogen and oxygen atoms in total. The van der Waals surface area contributed by atoms with Crippen LogP contribution >= 0.6 is 11.8 Å². The fraction of sp³-hybridized carbons (Fsp3) is 0.294. The minimum Gasteiger partial charge on any atom is -0.497 e. The van der Waals surface area contributed by atoms with Crippen LogP contribution in [0.3, 0.4) is 0 Å². The van der Waals surface area contributed by atoms with Crippen LogP contribution in [0.15, 0.2) is 42.6 Å². The highest BCUT2D eigenvalue weighted by molar-refractivity contribution is 7.98. The van der Waals surface area contributed by atoms with Crippen molar-refractivity contribution in [1.29, 1.82) is 0 Å². The Morgan fingerprint density at radius 3 is 2.54 bits per heavy atom. The molecule has 0 aliphatic heterocycles. The van der Waals surface area contributed by atoms with E-state index in [9.17, 15) is 4.79 Å². The monoisotopic (exact) mass is 347 g/mol. The van der Waals surface area contributed by atoms with Crippen molar-refractivity contribution in [2.24, 2.45) is 5.73 Å². The molecule has 0 unspecified atom stereocenters. The summed E-state index contributed by atoms with van der Waals surface area (Å²) < 4.78 is 10.7. The topological polar surface area (TPSA) is 86.5 Å². The molecule has 0 aliphatic rings. The van der Waals surface area contributed by atoms with Crippen molar-refractivity contribution in [1.82, 2.24) is 4.98 Å². The fourth-order valence-corrected chi connectivity index (χ4v) is 2.38. The summed E-state index contributed by atoms with van der Waals surface area (Å²) in [6.07, 6.45) is 4.16. The second-order valence-corrected chi connectivity index (χ2v) is 6.03. The molecular formula is C17H21N3O3S. The van der Waals surface area contributed by atoms with Gasteiger partial charge >= 0.3 is 0 Å². The predicted molar refractivity (Wildman–Crippen MR) is 96.9 cm³/mol. The third-order valence-corrected chi connectivity index (χ3v) is 3.90. The summed E-state index contributed by atoms with van der Waals surface area (Å²) in [5, 5.41) is 2.75. The van der Waals surface area contributed by atoms with Gasteiger partial charge in [0.15, 0.2) is 0 Å². The quantitative estimate of drug-likeness (QED) is 0.763. The van der Waals surface area contributed by atoms with Crippen molar-refractivity contribution < 1.29 is 14.3 Å². The Hall–Kier alpha value is -2.25. The van der Waals surface area contributed by atoms with Gasteiger partial charge in [0.05, 0.1) is 25.0 Å². The molecule has 1 aromatic carbocycles. The predicted octanol–water partition coefficient (Wildman–Crippen LogP) is 2.90. The van der Waals surface area contributed by atoms with Crippen LogP contribution in [0, 0.1) is 0 Å². The lowest BCUT2D eigenvalue weighted by atomic mass is 10.2. The van der Waals surface area contributed by atoms with E-state index in [0.717, 1.165) is 11.5 Å². The van der Waals surface area contributed by atoms with Gasteiger partial charge in [-0.2, -0.15) is 11.8 Å². The number of methoxy groups -OCH3 is 1. The lowest BCUT2D eigenvalue weighted by Gasteiger charge is -2.12. The first-order valence-electron chi connectivity index (χ1n) is 7.45. The minimum absolute atomic E-state index is 0.213. The molecule has 128 valence electrons. The van der Waals surface area contributed by atoms with Crippen molar-refractivity contribution in [3.8, 4) is 17.4 Å². The Balaban J connectivity index is 1.91. The molecule has 1 aromatic heterocycles. The third-order valence-electron chi connectivity index (χ3n) is 3.26. The smallest absolute Gasteiger partial charge is 0.241 e. The van der Waals surface area contributed by atoms with E-state index < -0.39 is 6.04 Å². The van der Waals surface area contributed by atoms with Gasteiger partial charge in [-0.15, -0.1) is 0 Å². The Morgan fingerprint density at radius 2 is 1.96 bits per heavy atom. The Kier molecular flexibility index (Phi) is 6.89. The highest BCUT2D eigenvalue weighted by atomic mass is 32.2. The first kappa shape index (κ1) is 18.1. The minimum atomic E-state index is -0.521. The molecule has 0 radical (unpaired) electrons. The first-order valence-corrected chi connectivity index (χ1v) is 8.85. The number of thioether (sulfide) groups is 1. The Morgan fingerprint density at radius 1 is 1.25 bits per heavy atom. The zero-order valence-corrected chi connectivity index (χ0v) is 14.5. The van der Waals surface area contributed by atoms with Crippen LogP contribution < -0.4 is 20.5 Å². The standard InChI is InChI=1S/C17H21N3O3S/c1-22-13-4-6-14(7-5-13)23-16-8-3-12(11-19-16)20-17(21)15(18)9-10-24-2/h3-8,11,15H,9-10,18H2,1-2H3,(H,20,21)/t15-/m0/s1. The molecule has 1 atom stereocenters. The number of amides is 1. The van der Waals surface area contributed by atoms with Gasteiger partial charge in [-0.05, 0) is 48.8 Å². The first-order chi connectivity index (χ1) is 11.6. The summed E-state index contributed by atoms with van der Waals surface area (Å²) in [5.74, 6) is 2.48. The van der Waals surface area contributed by atoms with Crippen LogP contribution in [0.25, 0.3) is 0 Å². The molecule has 2 aromatic rings. The maximum atomic E-state index is 11.9. The highest BCUT2D eigenvalue weighted by Crippen LogP contribution is 2.23.